The van der Waals surface area contributed by atoms with Gasteiger partial charge >= 0.3 is 17.9 Å². The molecule has 0 aliphatic carbocycles. The Labute approximate surface area is 497 Å². The van der Waals surface area contributed by atoms with E-state index in [2.05, 4.69) is 148 Å². The van der Waals surface area contributed by atoms with Crippen molar-refractivity contribution in [3.8, 4) is 0 Å². The van der Waals surface area contributed by atoms with Gasteiger partial charge in [0.25, 0.3) is 6.29 Å². The first-order valence-electron chi connectivity index (χ1n) is 32.3. The fourth-order valence-corrected chi connectivity index (χ4v) is 8.52. The van der Waals surface area contributed by atoms with Gasteiger partial charge in [0.15, 0.2) is 6.10 Å². The maximum Gasteiger partial charge on any atom is 0.361 e. The Hall–Kier alpha value is -4.57. The normalized spacial score (nSPS) is 13.6. The van der Waals surface area contributed by atoms with E-state index in [-0.39, 0.29) is 32.7 Å². The molecule has 0 amide bonds. The van der Waals surface area contributed by atoms with E-state index in [0.717, 1.165) is 96.3 Å². The van der Waals surface area contributed by atoms with Gasteiger partial charge in [-0.25, -0.2) is 4.79 Å². The Balaban J connectivity index is 4.09. The number of carboxylic acid groups (broad SMARTS) is 1. The van der Waals surface area contributed by atoms with Gasteiger partial charge in [-0.3, -0.25) is 9.59 Å². The van der Waals surface area contributed by atoms with Crippen LogP contribution in [0.3, 0.4) is 0 Å². The van der Waals surface area contributed by atoms with E-state index >= 15 is 0 Å². The maximum atomic E-state index is 12.9. The van der Waals surface area contributed by atoms with Gasteiger partial charge in [-0.1, -0.05) is 263 Å². The lowest BCUT2D eigenvalue weighted by atomic mass is 10.0. The molecule has 2 atom stereocenters. The smallest absolute Gasteiger partial charge is 0.361 e. The number of carbonyl (C=O) groups is 3. The number of hydrogen-bond donors (Lipinski definition) is 1. The lowest BCUT2D eigenvalue weighted by Gasteiger charge is -2.25. The second-order valence-corrected chi connectivity index (χ2v) is 22.3. The SMILES string of the molecule is CC/C=C\C/C=C\C/C=C\C/C=C\C/C=C\C/C=C\CCCCCCCCCCCCCCCCCCCCCCC(=O)OC(COC(=O)CCC/C=C\C/C=C\C/C=C\C/C=C\C/C=C\CC)COC(OCC[N+](C)(C)C)C(=O)O. The minimum Gasteiger partial charge on any atom is -0.477 e. The molecule has 0 fully saturated rings. The van der Waals surface area contributed by atoms with E-state index in [0.29, 0.717) is 23.9 Å². The number of esters is 2. The van der Waals surface area contributed by atoms with Crippen molar-refractivity contribution in [2.45, 2.75) is 257 Å². The van der Waals surface area contributed by atoms with Gasteiger partial charge in [0.1, 0.15) is 13.2 Å². The molecule has 2 unspecified atom stereocenters. The molecule has 0 radical (unpaired) electrons. The molecule has 0 bridgehead atoms. The largest absolute Gasteiger partial charge is 0.477 e. The van der Waals surface area contributed by atoms with Crippen molar-refractivity contribution in [2.75, 3.05) is 47.5 Å². The molecular formula is C72H120NO8+. The minimum atomic E-state index is -1.53. The van der Waals surface area contributed by atoms with Gasteiger partial charge < -0.3 is 28.5 Å². The summed E-state index contributed by atoms with van der Waals surface area (Å²) >= 11 is 0. The number of ether oxygens (including phenoxy) is 4. The van der Waals surface area contributed by atoms with Crippen molar-refractivity contribution < 1.29 is 42.9 Å². The van der Waals surface area contributed by atoms with Gasteiger partial charge in [-0.2, -0.15) is 0 Å². The second kappa shape index (κ2) is 61.5. The van der Waals surface area contributed by atoms with Gasteiger partial charge in [-0.05, 0) is 103 Å². The zero-order valence-electron chi connectivity index (χ0n) is 52.4. The Morgan fingerprint density at radius 1 is 0.370 bits per heavy atom. The van der Waals surface area contributed by atoms with Gasteiger partial charge in [-0.15, -0.1) is 0 Å². The monoisotopic (exact) mass is 1130 g/mol. The summed E-state index contributed by atoms with van der Waals surface area (Å²) in [6.07, 6.45) is 85.8. The molecule has 9 heteroatoms. The zero-order chi connectivity index (χ0) is 59.1. The van der Waals surface area contributed by atoms with E-state index in [1.165, 1.54) is 109 Å². The Kier molecular flexibility index (Phi) is 58.0. The predicted octanol–water partition coefficient (Wildman–Crippen LogP) is 19.8. The molecule has 81 heavy (non-hydrogen) atoms. The molecule has 0 spiro atoms. The Morgan fingerprint density at radius 3 is 1.02 bits per heavy atom. The molecule has 9 nitrogen and oxygen atoms in total. The summed E-state index contributed by atoms with van der Waals surface area (Å²) in [6.45, 7) is 4.58. The summed E-state index contributed by atoms with van der Waals surface area (Å²) in [5, 5.41) is 9.71. The number of carboxylic acids is 1. The fourth-order valence-electron chi connectivity index (χ4n) is 8.52. The standard InChI is InChI=1S/C72H119NO8/c1-6-8-10-12-14-16-18-20-22-24-25-26-27-28-29-30-31-32-33-34-35-36-37-38-39-40-41-42-43-44-45-47-49-51-53-55-57-59-61-63-70(75)81-68(67-80-72(71(76)77)78-65-64-73(3,4)5)66-79-69(74)62-60-58-56-54-52-50-48-46-23-21-19-17-15-13-11-9-7-2/h8-11,14-17,20-23,25-26,28-29,31-32,48,50,54,56,68,72H,6-7,12-13,18-19,24,27,30,33-47,49,51-53,55,57-67H2,1-5H3/p+1/b10-8-,11-9-,16-14-,17-15-,22-20-,23-21-,26-25-,29-28-,32-31-,50-48-,56-54-. The number of aliphatic carboxylic acids is 1. The maximum absolute atomic E-state index is 12.9. The molecule has 0 aliphatic rings. The summed E-state index contributed by atoms with van der Waals surface area (Å²) in [7, 11) is 5.95. The van der Waals surface area contributed by atoms with Crippen molar-refractivity contribution in [2.24, 2.45) is 0 Å². The lowest BCUT2D eigenvalue weighted by molar-refractivity contribution is -0.870. The predicted molar refractivity (Wildman–Crippen MR) is 345 cm³/mol. The number of quaternary nitrogens is 1. The summed E-state index contributed by atoms with van der Waals surface area (Å²) < 4.78 is 22.8. The quantitative estimate of drug-likeness (QED) is 0.0211. The molecule has 1 N–H and O–H groups in total. The van der Waals surface area contributed by atoms with Crippen molar-refractivity contribution in [3.05, 3.63) is 134 Å². The molecule has 0 aromatic carbocycles. The molecule has 0 aromatic rings. The number of carbonyl (C=O) groups excluding carboxylic acids is 2. The van der Waals surface area contributed by atoms with Crippen LogP contribution in [0.1, 0.15) is 245 Å². The van der Waals surface area contributed by atoms with Crippen LogP contribution >= 0.6 is 0 Å². The van der Waals surface area contributed by atoms with Crippen LogP contribution in [0.25, 0.3) is 0 Å². The Bertz CT molecular complexity index is 1790. The third-order valence-electron chi connectivity index (χ3n) is 13.4. The van der Waals surface area contributed by atoms with Crippen LogP contribution in [0, 0.1) is 0 Å². The van der Waals surface area contributed by atoms with E-state index < -0.39 is 30.3 Å². The molecule has 0 rings (SSSR count). The second-order valence-electron chi connectivity index (χ2n) is 22.3. The van der Waals surface area contributed by atoms with Gasteiger partial charge in [0, 0.05) is 12.8 Å². The first kappa shape index (κ1) is 76.4. The van der Waals surface area contributed by atoms with Gasteiger partial charge in [0.2, 0.25) is 0 Å². The number of likely N-dealkylation sites (N-methyl/N-ethyl adjacent to an activating group) is 1. The molecule has 0 aromatic heterocycles. The number of unbranched alkanes of at least 4 members (excludes halogenated alkanes) is 21. The highest BCUT2D eigenvalue weighted by Crippen LogP contribution is 2.16. The fraction of sp³-hybridized carbons (Fsp3) is 0.653. The number of allylic oxidation sites excluding steroid dienone is 22. The highest BCUT2D eigenvalue weighted by molar-refractivity contribution is 5.71. The number of nitrogens with zero attached hydrogens (tertiary/aromatic N) is 1. The van der Waals surface area contributed by atoms with E-state index in [1.54, 1.807) is 0 Å². The van der Waals surface area contributed by atoms with Crippen LogP contribution in [-0.2, 0) is 33.3 Å². The van der Waals surface area contributed by atoms with Crippen LogP contribution in [-0.4, -0.2) is 87.4 Å². The van der Waals surface area contributed by atoms with Crippen molar-refractivity contribution >= 4 is 17.9 Å². The van der Waals surface area contributed by atoms with Crippen LogP contribution < -0.4 is 0 Å². The van der Waals surface area contributed by atoms with Crippen molar-refractivity contribution in [3.63, 3.8) is 0 Å². The molecule has 0 saturated heterocycles. The van der Waals surface area contributed by atoms with Gasteiger partial charge in [0.05, 0.1) is 34.4 Å². The number of hydrogen-bond acceptors (Lipinski definition) is 7. The molecule has 460 valence electrons. The van der Waals surface area contributed by atoms with E-state index in [4.69, 9.17) is 18.9 Å². The highest BCUT2D eigenvalue weighted by Gasteiger charge is 2.25. The molecular weight excluding hydrogens is 1010 g/mol. The van der Waals surface area contributed by atoms with E-state index in [9.17, 15) is 19.5 Å². The van der Waals surface area contributed by atoms with Crippen LogP contribution in [0.5, 0.6) is 0 Å². The highest BCUT2D eigenvalue weighted by atomic mass is 16.7. The first-order chi connectivity index (χ1) is 39.6. The van der Waals surface area contributed by atoms with Crippen molar-refractivity contribution in [1.82, 2.24) is 0 Å². The van der Waals surface area contributed by atoms with Crippen LogP contribution in [0.4, 0.5) is 0 Å². The summed E-state index contributed by atoms with van der Waals surface area (Å²) in [4.78, 5) is 37.4. The van der Waals surface area contributed by atoms with Crippen LogP contribution in [0.15, 0.2) is 134 Å². The number of rotatable bonds is 58. The summed E-state index contributed by atoms with van der Waals surface area (Å²) in [6, 6.07) is 0. The zero-order valence-corrected chi connectivity index (χ0v) is 52.4. The third-order valence-corrected chi connectivity index (χ3v) is 13.4. The molecule has 0 aliphatic heterocycles. The first-order valence-corrected chi connectivity index (χ1v) is 32.3. The van der Waals surface area contributed by atoms with E-state index in [1.807, 2.05) is 21.1 Å². The summed E-state index contributed by atoms with van der Waals surface area (Å²) in [5.41, 5.74) is 0. The average molecular weight is 1130 g/mol. The molecule has 0 heterocycles. The van der Waals surface area contributed by atoms with Crippen molar-refractivity contribution in [1.29, 1.82) is 0 Å². The third kappa shape index (κ3) is 62.9. The molecule has 0 saturated carbocycles. The minimum absolute atomic E-state index is 0.174. The topological polar surface area (TPSA) is 108 Å². The lowest BCUT2D eigenvalue weighted by Crippen LogP contribution is -2.40. The van der Waals surface area contributed by atoms with Crippen LogP contribution in [0.2, 0.25) is 0 Å². The Morgan fingerprint density at radius 2 is 0.679 bits per heavy atom. The average Bonchev–Trinajstić information content (AvgIpc) is 3.44. The summed E-state index contributed by atoms with van der Waals surface area (Å²) in [5.74, 6) is -2.09.